The van der Waals surface area contributed by atoms with Crippen LogP contribution in [0.4, 0.5) is 0 Å². The first-order chi connectivity index (χ1) is 18.1. The molecule has 0 amide bonds. The molecule has 3 aliphatic heterocycles. The first-order valence-corrected chi connectivity index (χ1v) is 27.8. The SMILES string of the molecule is CCC1(COCC[Si](C)(C)Cl)COC1.C[Si](C)(Cl)CCC1CCC2OC2C1.C[Si](C)(Cl)CCCOCC1CO1. The van der Waals surface area contributed by atoms with Crippen molar-refractivity contribution in [3.63, 3.8) is 0 Å². The Morgan fingerprint density at radius 2 is 1.46 bits per heavy atom. The topological polar surface area (TPSA) is 52.8 Å². The van der Waals surface area contributed by atoms with Crippen molar-refractivity contribution in [2.45, 2.75) is 121 Å². The number of ether oxygens (including phenoxy) is 5. The summed E-state index contributed by atoms with van der Waals surface area (Å²) in [4.78, 5) is 0. The van der Waals surface area contributed by atoms with Gasteiger partial charge in [-0.3, -0.25) is 0 Å². The normalized spacial score (nSPS) is 27.2. The molecule has 1 aliphatic carbocycles. The molecule has 0 radical (unpaired) electrons. The van der Waals surface area contributed by atoms with E-state index in [1.54, 1.807) is 0 Å². The van der Waals surface area contributed by atoms with Crippen LogP contribution >= 0.6 is 33.2 Å². The molecule has 0 spiro atoms. The van der Waals surface area contributed by atoms with Crippen LogP contribution in [0.25, 0.3) is 0 Å². The minimum absolute atomic E-state index is 0.317. The number of hydrogen-bond donors (Lipinski definition) is 0. The molecule has 232 valence electrons. The molecule has 0 N–H and O–H groups in total. The smallest absolute Gasteiger partial charge is 0.152 e. The van der Waals surface area contributed by atoms with Gasteiger partial charge in [-0.25, -0.2) is 0 Å². The fourth-order valence-electron chi connectivity index (χ4n) is 4.65. The van der Waals surface area contributed by atoms with Gasteiger partial charge in [0, 0.05) is 18.6 Å². The van der Waals surface area contributed by atoms with Crippen LogP contribution in [0.3, 0.4) is 0 Å². The summed E-state index contributed by atoms with van der Waals surface area (Å²) >= 11 is 18.7. The van der Waals surface area contributed by atoms with E-state index < -0.39 is 22.2 Å². The third-order valence-corrected chi connectivity index (χ3v) is 14.0. The van der Waals surface area contributed by atoms with Crippen LogP contribution in [-0.4, -0.2) is 86.7 Å². The standard InChI is InChI=1S/C10H21ClO2Si.C10H19ClOSi.C8H17ClO2Si/c1-4-10(8-13-9-10)7-12-5-6-14(2,3)11;1-13(2,11)6-5-8-3-4-9-10(7-8)12-9;1-12(2,9)5-3-4-10-6-8-7-11-8/h4-9H2,1-3H3;8-10H,3-7H2,1-2H3;8H,3-7H2,1-2H3. The van der Waals surface area contributed by atoms with Crippen molar-refractivity contribution in [1.82, 2.24) is 0 Å². The molecule has 0 aromatic heterocycles. The van der Waals surface area contributed by atoms with Crippen LogP contribution in [-0.2, 0) is 23.7 Å². The van der Waals surface area contributed by atoms with Gasteiger partial charge in [-0.05, 0) is 56.2 Å². The molecule has 11 heteroatoms. The Hall–Kier alpha value is 1.32. The zero-order chi connectivity index (χ0) is 29.2. The maximum absolute atomic E-state index is 6.31. The van der Waals surface area contributed by atoms with Crippen molar-refractivity contribution in [2.75, 3.05) is 46.2 Å². The fourth-order valence-corrected chi connectivity index (χ4v) is 8.32. The van der Waals surface area contributed by atoms with Gasteiger partial charge in [0.05, 0.1) is 45.2 Å². The third kappa shape index (κ3) is 18.6. The maximum atomic E-state index is 6.31. The molecule has 0 aromatic carbocycles. The summed E-state index contributed by atoms with van der Waals surface area (Å²) in [5, 5.41) is 0. The summed E-state index contributed by atoms with van der Waals surface area (Å²) < 4.78 is 26.8. The van der Waals surface area contributed by atoms with Gasteiger partial charge in [0.15, 0.2) is 22.2 Å². The van der Waals surface area contributed by atoms with Crippen molar-refractivity contribution in [1.29, 1.82) is 0 Å². The van der Waals surface area contributed by atoms with E-state index in [1.807, 2.05) is 0 Å². The number of hydrogen-bond acceptors (Lipinski definition) is 5. The number of fused-ring (bicyclic) bond motifs is 1. The second kappa shape index (κ2) is 17.0. The molecule has 3 saturated heterocycles. The molecule has 4 rings (SSSR count). The average molecular weight is 664 g/mol. The summed E-state index contributed by atoms with van der Waals surface area (Å²) in [7, 11) is -4.12. The van der Waals surface area contributed by atoms with Gasteiger partial charge in [-0.15, -0.1) is 0 Å². The molecule has 5 nitrogen and oxygen atoms in total. The van der Waals surface area contributed by atoms with Crippen LogP contribution in [0.2, 0.25) is 57.4 Å². The van der Waals surface area contributed by atoms with Crippen LogP contribution < -0.4 is 0 Å². The van der Waals surface area contributed by atoms with Gasteiger partial charge in [0.1, 0.15) is 6.10 Å². The molecule has 0 bridgehead atoms. The van der Waals surface area contributed by atoms with Gasteiger partial charge < -0.3 is 23.7 Å². The highest BCUT2D eigenvalue weighted by Gasteiger charge is 2.43. The number of halogens is 3. The van der Waals surface area contributed by atoms with E-state index in [0.29, 0.717) is 23.7 Å². The predicted molar refractivity (Wildman–Crippen MR) is 175 cm³/mol. The minimum Gasteiger partial charge on any atom is -0.381 e. The number of epoxide rings is 2. The highest BCUT2D eigenvalue weighted by molar-refractivity contribution is 7.19. The van der Waals surface area contributed by atoms with Gasteiger partial charge in [-0.2, -0.15) is 33.2 Å². The molecule has 39 heavy (non-hydrogen) atoms. The zero-order valence-corrected chi connectivity index (χ0v) is 31.1. The van der Waals surface area contributed by atoms with Crippen molar-refractivity contribution < 1.29 is 23.7 Å². The van der Waals surface area contributed by atoms with Gasteiger partial charge in [0.2, 0.25) is 0 Å². The summed E-state index contributed by atoms with van der Waals surface area (Å²) in [6.45, 7) is 21.2. The van der Waals surface area contributed by atoms with E-state index in [2.05, 4.69) is 46.2 Å². The number of rotatable bonds is 15. The lowest BCUT2D eigenvalue weighted by molar-refractivity contribution is -0.149. The van der Waals surface area contributed by atoms with E-state index in [0.717, 1.165) is 77.1 Å². The van der Waals surface area contributed by atoms with E-state index >= 15 is 0 Å². The van der Waals surface area contributed by atoms with E-state index in [-0.39, 0.29) is 0 Å². The summed E-state index contributed by atoms with van der Waals surface area (Å²) in [6, 6.07) is 3.45. The van der Waals surface area contributed by atoms with Crippen LogP contribution in [0.1, 0.15) is 45.4 Å². The van der Waals surface area contributed by atoms with Crippen molar-refractivity contribution in [3.05, 3.63) is 0 Å². The van der Waals surface area contributed by atoms with E-state index in [9.17, 15) is 0 Å². The Labute approximate surface area is 256 Å². The van der Waals surface area contributed by atoms with E-state index in [1.165, 1.54) is 31.7 Å². The fraction of sp³-hybridized carbons (Fsp3) is 1.00. The highest BCUT2D eigenvalue weighted by Crippen LogP contribution is 2.41. The second-order valence-corrected chi connectivity index (χ2v) is 34.9. The average Bonchev–Trinajstić information content (AvgIpc) is 3.70. The van der Waals surface area contributed by atoms with E-state index in [4.69, 9.17) is 56.9 Å². The molecular formula is C28H57Cl3O5Si3. The Bertz CT molecular complexity index is 671. The Kier molecular flexibility index (Phi) is 15.9. The quantitative estimate of drug-likeness (QED) is 0.0761. The first-order valence-electron chi connectivity index (χ1n) is 15.2. The molecular weight excluding hydrogens is 607 g/mol. The second-order valence-electron chi connectivity index (χ2n) is 13.9. The Balaban J connectivity index is 0.000000206. The summed E-state index contributed by atoms with van der Waals surface area (Å²) in [5.41, 5.74) is 0.317. The van der Waals surface area contributed by atoms with Crippen LogP contribution in [0, 0.1) is 11.3 Å². The Morgan fingerprint density at radius 1 is 0.821 bits per heavy atom. The zero-order valence-electron chi connectivity index (χ0n) is 25.8. The summed E-state index contributed by atoms with van der Waals surface area (Å²) in [5.74, 6) is 0.911. The molecule has 4 atom stereocenters. The van der Waals surface area contributed by atoms with Gasteiger partial charge >= 0.3 is 0 Å². The lowest BCUT2D eigenvalue weighted by Gasteiger charge is -2.40. The molecule has 4 fully saturated rings. The third-order valence-electron chi connectivity index (χ3n) is 7.84. The van der Waals surface area contributed by atoms with Gasteiger partial charge in [-0.1, -0.05) is 52.6 Å². The monoisotopic (exact) mass is 662 g/mol. The molecule has 4 aliphatic rings. The predicted octanol–water partition coefficient (Wildman–Crippen LogP) is 8.50. The van der Waals surface area contributed by atoms with Gasteiger partial charge in [0.25, 0.3) is 0 Å². The minimum atomic E-state index is -1.44. The van der Waals surface area contributed by atoms with Crippen molar-refractivity contribution >= 4 is 55.4 Å². The molecule has 0 aromatic rings. The maximum Gasteiger partial charge on any atom is 0.152 e. The Morgan fingerprint density at radius 3 is 1.95 bits per heavy atom. The van der Waals surface area contributed by atoms with Crippen molar-refractivity contribution in [3.8, 4) is 0 Å². The lowest BCUT2D eigenvalue weighted by atomic mass is 9.84. The largest absolute Gasteiger partial charge is 0.381 e. The first kappa shape index (κ1) is 36.5. The van der Waals surface area contributed by atoms with Crippen LogP contribution in [0.15, 0.2) is 0 Å². The molecule has 3 heterocycles. The lowest BCUT2D eigenvalue weighted by Crippen LogP contribution is -2.45. The van der Waals surface area contributed by atoms with Crippen molar-refractivity contribution in [2.24, 2.45) is 11.3 Å². The summed E-state index contributed by atoms with van der Waals surface area (Å²) in [6.07, 6.45) is 9.26. The highest BCUT2D eigenvalue weighted by atomic mass is 35.6. The van der Waals surface area contributed by atoms with Crippen LogP contribution in [0.5, 0.6) is 0 Å². The molecule has 4 unspecified atom stereocenters. The molecule has 1 saturated carbocycles.